The third-order valence-corrected chi connectivity index (χ3v) is 24.4. The number of cyclic esters (lactones) is 1. The molecule has 7 heterocycles. The van der Waals surface area contributed by atoms with Gasteiger partial charge in [0, 0.05) is 20.6 Å². The molecule has 15 N–H and O–H groups in total. The molecule has 0 aromatic heterocycles. The highest BCUT2D eigenvalue weighted by molar-refractivity contribution is 5.99. The fourth-order valence-electron chi connectivity index (χ4n) is 19.0. The number of hydrogen-bond donors (Lipinski definition) is 15. The number of hydrogen-bond acceptors (Lipinski definition) is 32. The van der Waals surface area contributed by atoms with Crippen molar-refractivity contribution in [1.29, 1.82) is 0 Å². The van der Waals surface area contributed by atoms with Crippen LogP contribution in [0.1, 0.15) is 106 Å². The summed E-state index contributed by atoms with van der Waals surface area (Å²) in [6.45, 7) is 14.0. The Kier molecular flexibility index (Phi) is 23.5. The monoisotopic (exact) mass is 1420 g/mol. The lowest BCUT2D eigenvalue weighted by molar-refractivity contribution is -0.397. The number of ether oxygens (including phenoxy) is 15. The SMILES string of the molecule is C=C(C)CCC[C@]1(C)OC(=O)C23CC=C4C(CCC5C(C)(C)[C@@H](O[C@@H]6OC[C@@H](O[C@@H]7O[C@H](CO)[C@@H](O)[C@H](O[C@@H]8O[C@H](CO)[C@@H](O)[C@H](OC)[C@H]8O)[C@H]7O)[C@H](O)[C@H]6O[C@@H]6O[C@H](C)[C@@H](O[C@@H]7O[C@H](CO)[C@@H](O)[C@H](O[C@@H]8O[C@H](CO)[C@@H](O)[C@H](OC)[C@H]8O)[C@H]7O)[C@H](O)[C@H]6O)CC[C@]45C)[C@]2(C)CC(=O)[C@@H]31. The molecule has 11 aliphatic rings. The maximum atomic E-state index is 14.6. The van der Waals surface area contributed by atoms with E-state index in [9.17, 15) is 86.2 Å². The van der Waals surface area contributed by atoms with Crippen LogP contribution in [0.5, 0.6) is 0 Å². The van der Waals surface area contributed by atoms with Crippen molar-refractivity contribution < 1.29 is 157 Å². The highest BCUT2D eigenvalue weighted by Gasteiger charge is 2.79. The predicted octanol–water partition coefficient (Wildman–Crippen LogP) is -3.91. The van der Waals surface area contributed by atoms with Crippen molar-refractivity contribution >= 4 is 11.8 Å². The zero-order chi connectivity index (χ0) is 72.1. The molecule has 37 atom stereocenters. The number of carbonyl (C=O) groups excluding carboxylic acids is 2. The van der Waals surface area contributed by atoms with Gasteiger partial charge in [0.25, 0.3) is 0 Å². The van der Waals surface area contributed by atoms with Crippen molar-refractivity contribution in [3.05, 3.63) is 23.8 Å². The number of fused-ring (bicyclic) bond motifs is 4. The number of aliphatic hydroxyl groups is 15. The Bertz CT molecular complexity index is 2840. The molecule has 99 heavy (non-hydrogen) atoms. The average molecular weight is 1420 g/mol. The van der Waals surface area contributed by atoms with Crippen LogP contribution in [-0.4, -0.2) is 325 Å². The van der Waals surface area contributed by atoms with E-state index in [-0.39, 0.29) is 30.0 Å². The molecule has 0 aromatic rings. The largest absolute Gasteiger partial charge is 0.458 e. The Balaban J connectivity index is 0.837. The molecule has 32 nitrogen and oxygen atoms in total. The summed E-state index contributed by atoms with van der Waals surface area (Å²) in [5.74, 6) is -1.04. The van der Waals surface area contributed by atoms with Crippen LogP contribution in [0.25, 0.3) is 0 Å². The molecule has 3 saturated carbocycles. The zero-order valence-corrected chi connectivity index (χ0v) is 57.4. The first-order valence-electron chi connectivity index (χ1n) is 34.7. The molecule has 3 unspecified atom stereocenters. The van der Waals surface area contributed by atoms with Crippen molar-refractivity contribution in [2.45, 2.75) is 296 Å². The minimum atomic E-state index is -2.08. The van der Waals surface area contributed by atoms with Crippen LogP contribution in [-0.2, 0) is 80.6 Å². The summed E-state index contributed by atoms with van der Waals surface area (Å²) in [4.78, 5) is 29.1. The van der Waals surface area contributed by atoms with Crippen LogP contribution in [0, 0.1) is 39.4 Å². The fourth-order valence-corrected chi connectivity index (χ4v) is 19.0. The van der Waals surface area contributed by atoms with E-state index in [1.807, 2.05) is 13.8 Å². The molecule has 7 aliphatic heterocycles. The number of rotatable bonds is 22. The first kappa shape index (κ1) is 77.6. The maximum Gasteiger partial charge on any atom is 0.314 e. The second-order valence-corrected chi connectivity index (χ2v) is 30.6. The second kappa shape index (κ2) is 30.0. The van der Waals surface area contributed by atoms with E-state index in [4.69, 9.17) is 71.1 Å². The van der Waals surface area contributed by atoms with Gasteiger partial charge >= 0.3 is 5.97 Å². The van der Waals surface area contributed by atoms with Crippen LogP contribution in [0.3, 0.4) is 0 Å². The van der Waals surface area contributed by atoms with E-state index in [1.165, 1.54) is 26.7 Å². The first-order chi connectivity index (χ1) is 46.7. The smallest absolute Gasteiger partial charge is 0.314 e. The lowest BCUT2D eigenvalue weighted by Crippen LogP contribution is -2.67. The van der Waals surface area contributed by atoms with E-state index in [0.29, 0.717) is 38.5 Å². The molecule has 32 heteroatoms. The number of allylic oxidation sites excluding steroid dienone is 3. The van der Waals surface area contributed by atoms with E-state index in [2.05, 4.69) is 40.3 Å². The standard InChI is InChI=1S/C67H106O32/c1-26(2)12-11-17-66(8)55-30(72)20-65(7)29-13-14-36-63(4,5)37(16-18-64(36,6)28(29)15-19-67(55,65)62(84)99-66)94-61-54(42(77)35(25-87-61)93-57-47(82)52(40(75)33(23-70)89-57)96-58-45(80)50(85-9)38(73)31(21-68)90-58)98-56-44(79)43(78)49(27(3)88-56)95-60-48(83)53(41(76)34(24-71)92-60)97-59-46(81)51(86-10)39(74)32(22-69)91-59/h15,27,29,31-61,68-71,73-83H,1,11-14,16-25H2,2-10H3/t27-,29?,31-,32-,33-,34-,35-,36?,37+,38-,39-,40-,41-,42+,43-,44-,45-,46-,47-,48-,49-,50+,51+,52+,53+,54-,55-,56+,57+,58+,59+,60+,61+,64-,65+,66+,67?/m1/s1. The van der Waals surface area contributed by atoms with Crippen molar-refractivity contribution in [2.24, 2.45) is 39.4 Å². The fraction of sp³-hybridized carbons (Fsp3) is 0.910. The van der Waals surface area contributed by atoms with Gasteiger partial charge in [-0.1, -0.05) is 44.9 Å². The van der Waals surface area contributed by atoms with Gasteiger partial charge in [-0.2, -0.15) is 0 Å². The van der Waals surface area contributed by atoms with Crippen molar-refractivity contribution in [1.82, 2.24) is 0 Å². The molecular formula is C67H106O32. The van der Waals surface area contributed by atoms with Crippen LogP contribution in [0.2, 0.25) is 0 Å². The molecule has 7 saturated heterocycles. The van der Waals surface area contributed by atoms with Gasteiger partial charge in [0.2, 0.25) is 0 Å². The lowest BCUT2D eigenvalue weighted by atomic mass is 9.41. The van der Waals surface area contributed by atoms with Crippen LogP contribution in [0.15, 0.2) is 23.8 Å². The zero-order valence-electron chi connectivity index (χ0n) is 57.4. The number of esters is 1. The van der Waals surface area contributed by atoms with Gasteiger partial charge < -0.3 is 148 Å². The summed E-state index contributed by atoms with van der Waals surface area (Å²) in [5, 5.41) is 167. The van der Waals surface area contributed by atoms with E-state index < -0.39 is 250 Å². The van der Waals surface area contributed by atoms with Crippen molar-refractivity contribution in [3.63, 3.8) is 0 Å². The van der Waals surface area contributed by atoms with Crippen LogP contribution in [0.4, 0.5) is 0 Å². The van der Waals surface area contributed by atoms with E-state index in [0.717, 1.165) is 18.4 Å². The molecule has 1 spiro atoms. The van der Waals surface area contributed by atoms with E-state index in [1.54, 1.807) is 0 Å². The molecule has 4 aliphatic carbocycles. The minimum absolute atomic E-state index is 0.0488. The van der Waals surface area contributed by atoms with Gasteiger partial charge in [0.05, 0.1) is 56.6 Å². The summed E-state index contributed by atoms with van der Waals surface area (Å²) in [6.07, 6.45) is -42.8. The van der Waals surface area contributed by atoms with Crippen LogP contribution < -0.4 is 0 Å². The first-order valence-corrected chi connectivity index (χ1v) is 34.7. The minimum Gasteiger partial charge on any atom is -0.458 e. The summed E-state index contributed by atoms with van der Waals surface area (Å²) in [5.41, 5.74) is -1.63. The molecule has 0 amide bonds. The molecule has 0 radical (unpaired) electrons. The number of methoxy groups -OCH3 is 2. The third kappa shape index (κ3) is 13.4. The normalized spacial score (nSPS) is 52.1. The topological polar surface area (TPSA) is 476 Å². The highest BCUT2D eigenvalue weighted by atomic mass is 16.8. The second-order valence-electron chi connectivity index (χ2n) is 30.6. The highest BCUT2D eigenvalue weighted by Crippen LogP contribution is 2.75. The summed E-state index contributed by atoms with van der Waals surface area (Å²) in [7, 11) is 2.36. The number of carbonyl (C=O) groups is 2. The Morgan fingerprint density at radius 3 is 1.54 bits per heavy atom. The third-order valence-electron chi connectivity index (χ3n) is 24.4. The average Bonchev–Trinajstić information content (AvgIpc) is 1.51. The predicted molar refractivity (Wildman–Crippen MR) is 331 cm³/mol. The molecule has 0 bridgehead atoms. The number of Topliss-reactive ketones (excluding diaryl/α,β-unsaturated/α-hetero) is 1. The van der Waals surface area contributed by atoms with Gasteiger partial charge in [-0.3, -0.25) is 9.59 Å². The van der Waals surface area contributed by atoms with Gasteiger partial charge in [0.1, 0.15) is 146 Å². The Hall–Kier alpha value is -2.54. The maximum absolute atomic E-state index is 14.6. The van der Waals surface area contributed by atoms with Gasteiger partial charge in [-0.05, 0) is 100 Å². The van der Waals surface area contributed by atoms with Gasteiger partial charge in [0.15, 0.2) is 37.7 Å². The van der Waals surface area contributed by atoms with Gasteiger partial charge in [-0.15, -0.1) is 6.58 Å². The Morgan fingerprint density at radius 1 is 0.556 bits per heavy atom. The van der Waals surface area contributed by atoms with Crippen molar-refractivity contribution in [2.75, 3.05) is 47.3 Å². The van der Waals surface area contributed by atoms with Gasteiger partial charge in [-0.25, -0.2) is 0 Å². The number of ketones is 1. The Morgan fingerprint density at radius 2 is 1.03 bits per heavy atom. The molecule has 0 aromatic carbocycles. The molecule has 566 valence electrons. The molecular weight excluding hydrogens is 1320 g/mol. The van der Waals surface area contributed by atoms with E-state index >= 15 is 0 Å². The van der Waals surface area contributed by atoms with Crippen molar-refractivity contribution in [3.8, 4) is 0 Å². The quantitative estimate of drug-likeness (QED) is 0.0280. The molecule has 11 rings (SSSR count). The summed E-state index contributed by atoms with van der Waals surface area (Å²) >= 11 is 0. The van der Waals surface area contributed by atoms with Crippen LogP contribution >= 0.6 is 0 Å². The molecule has 10 fully saturated rings. The Labute approximate surface area is 573 Å². The lowest BCUT2D eigenvalue weighted by Gasteiger charge is -2.63. The summed E-state index contributed by atoms with van der Waals surface area (Å²) in [6, 6.07) is 0. The number of aliphatic hydroxyl groups excluding tert-OH is 15. The summed E-state index contributed by atoms with van der Waals surface area (Å²) < 4.78 is 90.1.